The van der Waals surface area contributed by atoms with Gasteiger partial charge in [-0.15, -0.1) is 0 Å². The van der Waals surface area contributed by atoms with Crippen LogP contribution in [0, 0.1) is 0 Å². The van der Waals surface area contributed by atoms with Gasteiger partial charge in [-0.1, -0.05) is 11.6 Å². The Hall–Kier alpha value is -1.02. The molecule has 1 saturated heterocycles. The van der Waals surface area contributed by atoms with Gasteiger partial charge in [0.1, 0.15) is 0 Å². The standard InChI is InChI=1S/C10H10ClNO/c11-8-3-5-9(6-4-8)12-7-1-2-10(12)13/h3-6H,1-2,7H2/i10+1. The normalized spacial score (nSPS) is 16.7. The molecule has 3 heteroatoms. The number of hydrogen-bond donors (Lipinski definition) is 0. The minimum Gasteiger partial charge on any atom is -0.312 e. The second kappa shape index (κ2) is 3.38. The molecule has 0 bridgehead atoms. The van der Waals surface area contributed by atoms with Crippen molar-refractivity contribution in [2.75, 3.05) is 11.4 Å². The molecule has 0 atom stereocenters. The van der Waals surface area contributed by atoms with Crippen molar-refractivity contribution in [2.24, 2.45) is 0 Å². The monoisotopic (exact) mass is 196 g/mol. The van der Waals surface area contributed by atoms with Crippen molar-refractivity contribution in [2.45, 2.75) is 12.8 Å². The molecule has 1 aromatic rings. The zero-order chi connectivity index (χ0) is 9.26. The highest BCUT2D eigenvalue weighted by atomic mass is 35.5. The molecule has 1 heterocycles. The summed E-state index contributed by atoms with van der Waals surface area (Å²) in [6.07, 6.45) is 1.63. The van der Waals surface area contributed by atoms with Gasteiger partial charge >= 0.3 is 0 Å². The number of rotatable bonds is 1. The van der Waals surface area contributed by atoms with Crippen LogP contribution in [0.15, 0.2) is 24.3 Å². The van der Waals surface area contributed by atoms with Crippen LogP contribution in [0.1, 0.15) is 12.8 Å². The lowest BCUT2D eigenvalue weighted by atomic mass is 10.3. The van der Waals surface area contributed by atoms with Crippen LogP contribution in [0.2, 0.25) is 5.02 Å². The first-order valence-corrected chi connectivity index (χ1v) is 4.71. The summed E-state index contributed by atoms with van der Waals surface area (Å²) in [6, 6.07) is 7.38. The van der Waals surface area contributed by atoms with Gasteiger partial charge in [-0.3, -0.25) is 4.79 Å². The van der Waals surface area contributed by atoms with Gasteiger partial charge in [-0.25, -0.2) is 0 Å². The molecule has 1 aliphatic heterocycles. The fourth-order valence-corrected chi connectivity index (χ4v) is 1.67. The van der Waals surface area contributed by atoms with Crippen LogP contribution in [0.3, 0.4) is 0 Å². The van der Waals surface area contributed by atoms with E-state index in [2.05, 4.69) is 0 Å². The molecule has 68 valence electrons. The van der Waals surface area contributed by atoms with Crippen LogP contribution < -0.4 is 4.90 Å². The van der Waals surface area contributed by atoms with Crippen molar-refractivity contribution < 1.29 is 4.79 Å². The highest BCUT2D eigenvalue weighted by Crippen LogP contribution is 2.22. The molecule has 0 N–H and O–H groups in total. The molecule has 2 nitrogen and oxygen atoms in total. The summed E-state index contributed by atoms with van der Waals surface area (Å²) in [5.41, 5.74) is 0.951. The van der Waals surface area contributed by atoms with Crippen molar-refractivity contribution in [3.8, 4) is 0 Å². The summed E-state index contributed by atoms with van der Waals surface area (Å²) in [7, 11) is 0. The zero-order valence-corrected chi connectivity index (χ0v) is 7.92. The van der Waals surface area contributed by atoms with E-state index in [4.69, 9.17) is 11.6 Å². The summed E-state index contributed by atoms with van der Waals surface area (Å²) < 4.78 is 0. The first kappa shape index (κ1) is 8.57. The Morgan fingerprint density at radius 1 is 1.23 bits per heavy atom. The number of carbonyl (C=O) groups excluding carboxylic acids is 1. The summed E-state index contributed by atoms with van der Waals surface area (Å²) in [5, 5.41) is 0.704. The molecular weight excluding hydrogens is 187 g/mol. The predicted molar refractivity (Wildman–Crippen MR) is 53.0 cm³/mol. The van der Waals surface area contributed by atoms with Gasteiger partial charge in [0, 0.05) is 23.7 Å². The lowest BCUT2D eigenvalue weighted by Gasteiger charge is -2.15. The largest absolute Gasteiger partial charge is 0.312 e. The third-order valence-electron chi connectivity index (χ3n) is 2.21. The minimum absolute atomic E-state index is 0.210. The molecule has 1 aromatic carbocycles. The summed E-state index contributed by atoms with van der Waals surface area (Å²) in [6.45, 7) is 0.834. The second-order valence-corrected chi connectivity index (χ2v) is 3.56. The van der Waals surface area contributed by atoms with Gasteiger partial charge in [0.2, 0.25) is 5.91 Å². The van der Waals surface area contributed by atoms with Gasteiger partial charge < -0.3 is 4.90 Å². The zero-order valence-electron chi connectivity index (χ0n) is 7.16. The molecule has 13 heavy (non-hydrogen) atoms. The topological polar surface area (TPSA) is 20.3 Å². The Kier molecular flexibility index (Phi) is 2.23. The van der Waals surface area contributed by atoms with Crippen LogP contribution >= 0.6 is 11.6 Å². The third kappa shape index (κ3) is 1.68. The Bertz CT molecular complexity index is 320. The number of halogens is 1. The first-order chi connectivity index (χ1) is 6.27. The summed E-state index contributed by atoms with van der Waals surface area (Å²) in [4.78, 5) is 13.2. The molecule has 1 amide bonds. The summed E-state index contributed by atoms with van der Waals surface area (Å²) >= 11 is 5.75. The van der Waals surface area contributed by atoms with E-state index in [0.717, 1.165) is 18.7 Å². The fourth-order valence-electron chi connectivity index (χ4n) is 1.54. The molecule has 0 spiro atoms. The Labute approximate surface area is 82.1 Å². The van der Waals surface area contributed by atoms with Gasteiger partial charge in [-0.2, -0.15) is 0 Å². The van der Waals surface area contributed by atoms with Gasteiger partial charge in [0.25, 0.3) is 0 Å². The summed E-state index contributed by atoms with van der Waals surface area (Å²) in [5.74, 6) is 0.210. The average Bonchev–Trinajstić information content (AvgIpc) is 2.53. The second-order valence-electron chi connectivity index (χ2n) is 3.13. The van der Waals surface area contributed by atoms with E-state index in [-0.39, 0.29) is 5.91 Å². The maximum Gasteiger partial charge on any atom is 0.227 e. The lowest BCUT2D eigenvalue weighted by Crippen LogP contribution is -2.23. The van der Waals surface area contributed by atoms with E-state index in [1.165, 1.54) is 0 Å². The molecule has 1 fully saturated rings. The van der Waals surface area contributed by atoms with E-state index in [1.807, 2.05) is 24.3 Å². The molecule has 0 unspecified atom stereocenters. The van der Waals surface area contributed by atoms with E-state index in [1.54, 1.807) is 4.90 Å². The van der Waals surface area contributed by atoms with E-state index < -0.39 is 0 Å². The molecule has 0 saturated carbocycles. The fraction of sp³-hybridized carbons (Fsp3) is 0.300. The van der Waals surface area contributed by atoms with Gasteiger partial charge in [-0.05, 0) is 30.7 Å². The number of hydrogen-bond acceptors (Lipinski definition) is 1. The highest BCUT2D eigenvalue weighted by molar-refractivity contribution is 6.30. The van der Waals surface area contributed by atoms with Crippen LogP contribution in [-0.2, 0) is 4.79 Å². The molecular formula is C10H10ClNO. The number of amides is 1. The smallest absolute Gasteiger partial charge is 0.227 e. The SMILES string of the molecule is O=[13C]1CCCN1c1ccc(Cl)cc1. The molecule has 2 rings (SSSR count). The Morgan fingerprint density at radius 2 is 1.92 bits per heavy atom. The Balaban J connectivity index is 2.25. The number of anilines is 1. The van der Waals surface area contributed by atoms with E-state index in [0.29, 0.717) is 11.4 Å². The number of nitrogens with zero attached hydrogens (tertiary/aromatic N) is 1. The minimum atomic E-state index is 0.210. The van der Waals surface area contributed by atoms with Crippen molar-refractivity contribution in [3.63, 3.8) is 0 Å². The van der Waals surface area contributed by atoms with Crippen molar-refractivity contribution in [1.82, 2.24) is 0 Å². The van der Waals surface area contributed by atoms with Crippen LogP contribution in [-0.4, -0.2) is 12.5 Å². The number of carbonyl (C=O) groups is 1. The maximum atomic E-state index is 11.4. The molecule has 1 aliphatic rings. The first-order valence-electron chi connectivity index (χ1n) is 4.33. The van der Waals surface area contributed by atoms with Gasteiger partial charge in [0.15, 0.2) is 0 Å². The Morgan fingerprint density at radius 3 is 2.46 bits per heavy atom. The quantitative estimate of drug-likeness (QED) is 0.632. The van der Waals surface area contributed by atoms with Crippen LogP contribution in [0.25, 0.3) is 0 Å². The van der Waals surface area contributed by atoms with Gasteiger partial charge in [0.05, 0.1) is 0 Å². The molecule has 0 aromatic heterocycles. The maximum absolute atomic E-state index is 11.4. The molecule has 0 aliphatic carbocycles. The van der Waals surface area contributed by atoms with E-state index >= 15 is 0 Å². The van der Waals surface area contributed by atoms with Crippen molar-refractivity contribution in [3.05, 3.63) is 29.3 Å². The highest BCUT2D eigenvalue weighted by Gasteiger charge is 2.21. The van der Waals surface area contributed by atoms with Crippen LogP contribution in [0.4, 0.5) is 5.69 Å². The van der Waals surface area contributed by atoms with Crippen LogP contribution in [0.5, 0.6) is 0 Å². The van der Waals surface area contributed by atoms with Crippen molar-refractivity contribution >= 4 is 23.2 Å². The predicted octanol–water partition coefficient (Wildman–Crippen LogP) is 2.47. The average molecular weight is 197 g/mol. The number of benzene rings is 1. The lowest BCUT2D eigenvalue weighted by molar-refractivity contribution is -0.117. The van der Waals surface area contributed by atoms with Crippen molar-refractivity contribution in [1.29, 1.82) is 0 Å². The van der Waals surface area contributed by atoms with E-state index in [9.17, 15) is 4.79 Å². The molecule has 0 radical (unpaired) electrons. The third-order valence-corrected chi connectivity index (χ3v) is 2.46.